The lowest BCUT2D eigenvalue weighted by Gasteiger charge is -2.31. The maximum absolute atomic E-state index is 13.2. The zero-order valence-corrected chi connectivity index (χ0v) is 11.8. The van der Waals surface area contributed by atoms with Crippen molar-refractivity contribution in [2.24, 2.45) is 5.92 Å². The molecule has 1 unspecified atom stereocenters. The van der Waals surface area contributed by atoms with Gasteiger partial charge in [-0.2, -0.15) is 13.2 Å². The van der Waals surface area contributed by atoms with Crippen molar-refractivity contribution in [3.05, 3.63) is 35.4 Å². The van der Waals surface area contributed by atoms with Crippen LogP contribution in [-0.2, 0) is 4.79 Å². The average molecular weight is 309 g/mol. The van der Waals surface area contributed by atoms with Crippen molar-refractivity contribution in [3.8, 4) is 0 Å². The number of amides is 1. The minimum atomic E-state index is -4.66. The highest BCUT2D eigenvalue weighted by Crippen LogP contribution is 2.30. The van der Waals surface area contributed by atoms with Gasteiger partial charge < -0.3 is 4.90 Å². The molecule has 0 bridgehead atoms. The Balaban J connectivity index is 3.06. The molecule has 0 spiro atoms. The topological polar surface area (TPSA) is 20.3 Å². The molecule has 0 saturated carbocycles. The van der Waals surface area contributed by atoms with Crippen molar-refractivity contribution in [1.82, 2.24) is 4.90 Å². The molecule has 7 heteroatoms. The van der Waals surface area contributed by atoms with Crippen LogP contribution in [0.3, 0.4) is 0 Å². The molecule has 0 saturated heterocycles. The maximum atomic E-state index is 13.2. The van der Waals surface area contributed by atoms with Gasteiger partial charge in [-0.3, -0.25) is 4.79 Å². The van der Waals surface area contributed by atoms with Crippen molar-refractivity contribution in [2.45, 2.75) is 33.0 Å². The SMILES string of the molecule is CCN(C(=O)C(C)C(F)(F)F)[C@H](C)c1cc(F)cc(F)c1. The van der Waals surface area contributed by atoms with Crippen molar-refractivity contribution >= 4 is 5.91 Å². The first kappa shape index (κ1) is 17.4. The molecule has 1 aromatic rings. The molecule has 0 heterocycles. The molecule has 0 fully saturated rings. The van der Waals surface area contributed by atoms with Gasteiger partial charge in [0.05, 0.1) is 6.04 Å². The molecule has 2 nitrogen and oxygen atoms in total. The number of rotatable bonds is 4. The van der Waals surface area contributed by atoms with Crippen LogP contribution in [0.25, 0.3) is 0 Å². The van der Waals surface area contributed by atoms with Crippen LogP contribution < -0.4 is 0 Å². The first-order valence-corrected chi connectivity index (χ1v) is 6.41. The Morgan fingerprint density at radius 1 is 1.14 bits per heavy atom. The zero-order chi connectivity index (χ0) is 16.4. The van der Waals surface area contributed by atoms with E-state index in [1.807, 2.05) is 0 Å². The van der Waals surface area contributed by atoms with Gasteiger partial charge in [0.1, 0.15) is 17.6 Å². The highest BCUT2D eigenvalue weighted by atomic mass is 19.4. The smallest absolute Gasteiger partial charge is 0.336 e. The third kappa shape index (κ3) is 4.15. The average Bonchev–Trinajstić information content (AvgIpc) is 2.36. The lowest BCUT2D eigenvalue weighted by Crippen LogP contribution is -2.42. The summed E-state index contributed by atoms with van der Waals surface area (Å²) in [5, 5.41) is 0. The summed E-state index contributed by atoms with van der Waals surface area (Å²) >= 11 is 0. The fourth-order valence-corrected chi connectivity index (χ4v) is 2.01. The number of alkyl halides is 3. The first-order valence-electron chi connectivity index (χ1n) is 6.41. The van der Waals surface area contributed by atoms with Gasteiger partial charge in [-0.1, -0.05) is 0 Å². The van der Waals surface area contributed by atoms with Crippen LogP contribution in [0, 0.1) is 17.6 Å². The highest BCUT2D eigenvalue weighted by Gasteiger charge is 2.43. The van der Waals surface area contributed by atoms with Crippen LogP contribution in [0.1, 0.15) is 32.4 Å². The van der Waals surface area contributed by atoms with Crippen LogP contribution in [0.15, 0.2) is 18.2 Å². The predicted molar refractivity (Wildman–Crippen MR) is 67.4 cm³/mol. The van der Waals surface area contributed by atoms with Gasteiger partial charge in [0.25, 0.3) is 0 Å². The van der Waals surface area contributed by atoms with E-state index >= 15 is 0 Å². The van der Waals surface area contributed by atoms with E-state index in [9.17, 15) is 26.7 Å². The lowest BCUT2D eigenvalue weighted by molar-refractivity contribution is -0.186. The summed E-state index contributed by atoms with van der Waals surface area (Å²) in [6.45, 7) is 3.70. The molecular weight excluding hydrogens is 293 g/mol. The predicted octanol–water partition coefficient (Wildman–Crippen LogP) is 4.07. The molecule has 1 amide bonds. The van der Waals surface area contributed by atoms with E-state index in [1.165, 1.54) is 13.8 Å². The molecule has 0 radical (unpaired) electrons. The summed E-state index contributed by atoms with van der Waals surface area (Å²) in [5.41, 5.74) is 0.108. The number of hydrogen-bond donors (Lipinski definition) is 0. The molecule has 0 aliphatic carbocycles. The minimum Gasteiger partial charge on any atom is -0.336 e. The van der Waals surface area contributed by atoms with Crippen molar-refractivity contribution < 1.29 is 26.7 Å². The molecule has 1 aromatic carbocycles. The quantitative estimate of drug-likeness (QED) is 0.768. The lowest BCUT2D eigenvalue weighted by atomic mass is 10.0. The molecule has 2 atom stereocenters. The first-order chi connectivity index (χ1) is 9.57. The standard InChI is InChI=1S/C14H16F5NO/c1-4-20(13(21)8(2)14(17,18)19)9(3)10-5-11(15)7-12(16)6-10/h5-9H,4H2,1-3H3/t8?,9-/m1/s1. The van der Waals surface area contributed by atoms with Crippen LogP contribution in [-0.4, -0.2) is 23.5 Å². The van der Waals surface area contributed by atoms with E-state index in [-0.39, 0.29) is 12.1 Å². The fourth-order valence-electron chi connectivity index (χ4n) is 2.01. The molecule has 118 valence electrons. The Labute approximate surface area is 119 Å². The van der Waals surface area contributed by atoms with E-state index in [2.05, 4.69) is 0 Å². The monoisotopic (exact) mass is 309 g/mol. The Morgan fingerprint density at radius 3 is 2.00 bits per heavy atom. The fraction of sp³-hybridized carbons (Fsp3) is 0.500. The van der Waals surface area contributed by atoms with E-state index in [1.54, 1.807) is 0 Å². The second-order valence-corrected chi connectivity index (χ2v) is 4.77. The Kier molecular flexibility index (Phi) is 5.31. The Bertz CT molecular complexity index is 494. The summed E-state index contributed by atoms with van der Waals surface area (Å²) in [5.74, 6) is -4.98. The Morgan fingerprint density at radius 2 is 1.62 bits per heavy atom. The van der Waals surface area contributed by atoms with Crippen LogP contribution in [0.5, 0.6) is 0 Å². The van der Waals surface area contributed by atoms with E-state index in [0.29, 0.717) is 6.07 Å². The maximum Gasteiger partial charge on any atom is 0.400 e. The summed E-state index contributed by atoms with van der Waals surface area (Å²) < 4.78 is 64.2. The normalized spacial score (nSPS) is 14.7. The third-order valence-electron chi connectivity index (χ3n) is 3.32. The second kappa shape index (κ2) is 6.41. The van der Waals surface area contributed by atoms with Crippen molar-refractivity contribution in [3.63, 3.8) is 0 Å². The molecule has 0 aliphatic rings. The van der Waals surface area contributed by atoms with Gasteiger partial charge in [0, 0.05) is 12.6 Å². The van der Waals surface area contributed by atoms with Crippen molar-refractivity contribution in [1.29, 1.82) is 0 Å². The number of nitrogens with zero attached hydrogens (tertiary/aromatic N) is 1. The molecule has 21 heavy (non-hydrogen) atoms. The second-order valence-electron chi connectivity index (χ2n) is 4.77. The number of halogens is 5. The van der Waals surface area contributed by atoms with Crippen LogP contribution in [0.4, 0.5) is 22.0 Å². The molecule has 1 rings (SSSR count). The molecule has 0 aliphatic heterocycles. The van der Waals surface area contributed by atoms with Gasteiger partial charge in [-0.25, -0.2) is 8.78 Å². The highest BCUT2D eigenvalue weighted by molar-refractivity contribution is 5.79. The van der Waals surface area contributed by atoms with Gasteiger partial charge in [0.15, 0.2) is 0 Å². The molecule has 0 aromatic heterocycles. The number of hydrogen-bond acceptors (Lipinski definition) is 1. The van der Waals surface area contributed by atoms with Gasteiger partial charge in [0.2, 0.25) is 5.91 Å². The van der Waals surface area contributed by atoms with Gasteiger partial charge in [-0.15, -0.1) is 0 Å². The summed E-state index contributed by atoms with van der Waals surface area (Å²) in [4.78, 5) is 12.9. The Hall–Kier alpha value is -1.66. The van der Waals surface area contributed by atoms with E-state index in [0.717, 1.165) is 24.0 Å². The van der Waals surface area contributed by atoms with Crippen LogP contribution in [0.2, 0.25) is 0 Å². The largest absolute Gasteiger partial charge is 0.400 e. The van der Waals surface area contributed by atoms with Gasteiger partial charge >= 0.3 is 6.18 Å². The van der Waals surface area contributed by atoms with Crippen LogP contribution >= 0.6 is 0 Å². The zero-order valence-electron chi connectivity index (χ0n) is 11.8. The third-order valence-corrected chi connectivity index (χ3v) is 3.32. The minimum absolute atomic E-state index is 0.00144. The summed E-state index contributed by atoms with van der Waals surface area (Å²) in [6.07, 6.45) is -4.66. The number of benzene rings is 1. The van der Waals surface area contributed by atoms with Gasteiger partial charge in [-0.05, 0) is 38.5 Å². The van der Waals surface area contributed by atoms with Crippen molar-refractivity contribution in [2.75, 3.05) is 6.54 Å². The number of carbonyl (C=O) groups excluding carboxylic acids is 1. The molecular formula is C14H16F5NO. The summed E-state index contributed by atoms with van der Waals surface area (Å²) in [7, 11) is 0. The van der Waals surface area contributed by atoms with E-state index in [4.69, 9.17) is 0 Å². The van der Waals surface area contributed by atoms with E-state index < -0.39 is 35.7 Å². The summed E-state index contributed by atoms with van der Waals surface area (Å²) in [6, 6.07) is 1.80. The number of carbonyl (C=O) groups is 1. The molecule has 0 N–H and O–H groups in total.